The van der Waals surface area contributed by atoms with E-state index >= 15 is 0 Å². The van der Waals surface area contributed by atoms with Gasteiger partial charge < -0.3 is 15.2 Å². The van der Waals surface area contributed by atoms with Crippen molar-refractivity contribution >= 4 is 11.6 Å². The third kappa shape index (κ3) is 2.37. The van der Waals surface area contributed by atoms with Crippen LogP contribution >= 0.6 is 11.6 Å². The largest absolute Gasteiger partial charge is 0.486 e. The maximum Gasteiger partial charge on any atom is 0.161 e. The van der Waals surface area contributed by atoms with Gasteiger partial charge in [-0.15, -0.1) is 0 Å². The van der Waals surface area contributed by atoms with Gasteiger partial charge in [0.05, 0.1) is 16.8 Å². The Kier molecular flexibility index (Phi) is 3.27. The number of benzene rings is 1. The highest BCUT2D eigenvalue weighted by atomic mass is 35.5. The second kappa shape index (κ2) is 5.07. The standard InChI is InChI=1S/C14H13ClN2O2/c15-10-2-1-5-17-14(10)13(16)9-3-4-11-12(8-9)19-7-6-18-11/h1-5,8,13H,6-7,16H2. The Labute approximate surface area is 116 Å². The smallest absolute Gasteiger partial charge is 0.161 e. The van der Waals surface area contributed by atoms with Crippen LogP contribution < -0.4 is 15.2 Å². The van der Waals surface area contributed by atoms with Crippen LogP contribution in [0.25, 0.3) is 0 Å². The van der Waals surface area contributed by atoms with Gasteiger partial charge in [0.2, 0.25) is 0 Å². The van der Waals surface area contributed by atoms with Gasteiger partial charge in [0.1, 0.15) is 13.2 Å². The molecule has 98 valence electrons. The van der Waals surface area contributed by atoms with Crippen molar-refractivity contribution in [3.8, 4) is 11.5 Å². The summed E-state index contributed by atoms with van der Waals surface area (Å²) in [4.78, 5) is 4.24. The molecule has 2 aromatic rings. The molecule has 0 spiro atoms. The molecule has 0 saturated heterocycles. The predicted molar refractivity (Wildman–Crippen MR) is 72.7 cm³/mol. The number of halogens is 1. The first-order valence-corrected chi connectivity index (χ1v) is 6.39. The van der Waals surface area contributed by atoms with Crippen LogP contribution in [0.15, 0.2) is 36.5 Å². The Hall–Kier alpha value is -1.78. The first-order valence-electron chi connectivity index (χ1n) is 6.01. The van der Waals surface area contributed by atoms with Crippen LogP contribution in [0.1, 0.15) is 17.3 Å². The number of fused-ring (bicyclic) bond motifs is 1. The lowest BCUT2D eigenvalue weighted by Gasteiger charge is -2.20. The number of nitrogens with two attached hydrogens (primary N) is 1. The Morgan fingerprint density at radius 1 is 1.16 bits per heavy atom. The molecule has 0 amide bonds. The van der Waals surface area contributed by atoms with Gasteiger partial charge >= 0.3 is 0 Å². The van der Waals surface area contributed by atoms with Gasteiger partial charge in [0, 0.05) is 6.20 Å². The molecule has 4 nitrogen and oxygen atoms in total. The fraction of sp³-hybridized carbons (Fsp3) is 0.214. The van der Waals surface area contributed by atoms with E-state index in [0.29, 0.717) is 29.7 Å². The molecule has 1 aliphatic rings. The zero-order chi connectivity index (χ0) is 13.2. The highest BCUT2D eigenvalue weighted by Gasteiger charge is 2.18. The first-order chi connectivity index (χ1) is 9.25. The molecule has 1 aliphatic heterocycles. The Morgan fingerprint density at radius 3 is 2.74 bits per heavy atom. The molecule has 0 saturated carbocycles. The van der Waals surface area contributed by atoms with Crippen molar-refractivity contribution < 1.29 is 9.47 Å². The van der Waals surface area contributed by atoms with Crippen molar-refractivity contribution in [1.29, 1.82) is 0 Å². The zero-order valence-electron chi connectivity index (χ0n) is 10.2. The van der Waals surface area contributed by atoms with Gasteiger partial charge in [-0.1, -0.05) is 17.7 Å². The summed E-state index contributed by atoms with van der Waals surface area (Å²) in [5.41, 5.74) is 7.75. The third-order valence-corrected chi connectivity index (χ3v) is 3.33. The maximum atomic E-state index is 6.21. The van der Waals surface area contributed by atoms with E-state index in [4.69, 9.17) is 26.8 Å². The summed E-state index contributed by atoms with van der Waals surface area (Å²) >= 11 is 6.11. The van der Waals surface area contributed by atoms with E-state index in [1.807, 2.05) is 18.2 Å². The summed E-state index contributed by atoms with van der Waals surface area (Å²) in [6.45, 7) is 1.13. The van der Waals surface area contributed by atoms with Gasteiger partial charge in [0.15, 0.2) is 11.5 Å². The van der Waals surface area contributed by atoms with E-state index in [9.17, 15) is 0 Å². The second-order valence-corrected chi connectivity index (χ2v) is 4.66. The molecular formula is C14H13ClN2O2. The van der Waals surface area contributed by atoms with Crippen LogP contribution in [0, 0.1) is 0 Å². The number of ether oxygens (including phenoxy) is 2. The van der Waals surface area contributed by atoms with Crippen molar-refractivity contribution in [1.82, 2.24) is 4.98 Å². The first kappa shape index (κ1) is 12.3. The highest BCUT2D eigenvalue weighted by Crippen LogP contribution is 2.34. The summed E-state index contributed by atoms with van der Waals surface area (Å²) in [6, 6.07) is 8.82. The van der Waals surface area contributed by atoms with Crippen molar-refractivity contribution in [2.45, 2.75) is 6.04 Å². The lowest BCUT2D eigenvalue weighted by atomic mass is 10.0. The minimum Gasteiger partial charge on any atom is -0.486 e. The minimum atomic E-state index is -0.385. The number of pyridine rings is 1. The molecule has 2 heterocycles. The number of nitrogens with zero attached hydrogens (tertiary/aromatic N) is 1. The van der Waals surface area contributed by atoms with E-state index in [-0.39, 0.29) is 6.04 Å². The molecule has 1 atom stereocenters. The van der Waals surface area contributed by atoms with Gasteiger partial charge in [-0.05, 0) is 29.8 Å². The third-order valence-electron chi connectivity index (χ3n) is 3.01. The molecule has 5 heteroatoms. The van der Waals surface area contributed by atoms with Crippen molar-refractivity contribution in [3.05, 3.63) is 52.8 Å². The quantitative estimate of drug-likeness (QED) is 0.916. The number of rotatable bonds is 2. The molecule has 1 aromatic heterocycles. The van der Waals surface area contributed by atoms with E-state index in [1.54, 1.807) is 18.3 Å². The SMILES string of the molecule is NC(c1ccc2c(c1)OCCO2)c1ncccc1Cl. The molecule has 2 N–H and O–H groups in total. The molecule has 1 aromatic carbocycles. The average Bonchev–Trinajstić information content (AvgIpc) is 2.46. The molecule has 0 radical (unpaired) electrons. The van der Waals surface area contributed by atoms with Crippen LogP contribution in [-0.4, -0.2) is 18.2 Å². The number of hydrogen-bond donors (Lipinski definition) is 1. The molecule has 3 rings (SSSR count). The predicted octanol–water partition coefficient (Wildman–Crippen LogP) is 2.55. The van der Waals surface area contributed by atoms with Gasteiger partial charge in [-0.3, -0.25) is 4.98 Å². The van der Waals surface area contributed by atoms with E-state index in [1.165, 1.54) is 0 Å². The van der Waals surface area contributed by atoms with Crippen LogP contribution in [0.5, 0.6) is 11.5 Å². The summed E-state index contributed by atoms with van der Waals surface area (Å²) in [7, 11) is 0. The molecule has 19 heavy (non-hydrogen) atoms. The minimum absolute atomic E-state index is 0.385. The van der Waals surface area contributed by atoms with Crippen molar-refractivity contribution in [2.24, 2.45) is 5.73 Å². The number of aromatic nitrogens is 1. The molecule has 0 bridgehead atoms. The lowest BCUT2D eigenvalue weighted by molar-refractivity contribution is 0.171. The molecule has 0 aliphatic carbocycles. The summed E-state index contributed by atoms with van der Waals surface area (Å²) in [5, 5.41) is 0.560. The normalized spacial score (nSPS) is 15.1. The average molecular weight is 277 g/mol. The van der Waals surface area contributed by atoms with E-state index in [0.717, 1.165) is 11.3 Å². The van der Waals surface area contributed by atoms with Crippen molar-refractivity contribution in [3.63, 3.8) is 0 Å². The zero-order valence-corrected chi connectivity index (χ0v) is 10.9. The van der Waals surface area contributed by atoms with Gasteiger partial charge in [-0.25, -0.2) is 0 Å². The van der Waals surface area contributed by atoms with E-state index in [2.05, 4.69) is 4.98 Å². The van der Waals surface area contributed by atoms with Crippen LogP contribution in [-0.2, 0) is 0 Å². The molecular weight excluding hydrogens is 264 g/mol. The maximum absolute atomic E-state index is 6.21. The summed E-state index contributed by atoms with van der Waals surface area (Å²) < 4.78 is 11.0. The van der Waals surface area contributed by atoms with Crippen LogP contribution in [0.4, 0.5) is 0 Å². The molecule has 1 unspecified atom stereocenters. The van der Waals surface area contributed by atoms with Gasteiger partial charge in [-0.2, -0.15) is 0 Å². The topological polar surface area (TPSA) is 57.4 Å². The Balaban J connectivity index is 1.96. The van der Waals surface area contributed by atoms with Gasteiger partial charge in [0.25, 0.3) is 0 Å². The lowest BCUT2D eigenvalue weighted by Crippen LogP contribution is -2.17. The monoisotopic (exact) mass is 276 g/mol. The molecule has 0 fully saturated rings. The Bertz CT molecular complexity index is 604. The summed E-state index contributed by atoms with van der Waals surface area (Å²) in [6.07, 6.45) is 1.68. The summed E-state index contributed by atoms with van der Waals surface area (Å²) in [5.74, 6) is 1.46. The van der Waals surface area contributed by atoms with Crippen molar-refractivity contribution in [2.75, 3.05) is 13.2 Å². The van der Waals surface area contributed by atoms with E-state index < -0.39 is 0 Å². The Morgan fingerprint density at radius 2 is 1.95 bits per heavy atom. The highest BCUT2D eigenvalue weighted by molar-refractivity contribution is 6.31. The fourth-order valence-electron chi connectivity index (χ4n) is 2.04. The van der Waals surface area contributed by atoms with Crippen LogP contribution in [0.3, 0.4) is 0 Å². The fourth-order valence-corrected chi connectivity index (χ4v) is 2.28. The second-order valence-electron chi connectivity index (χ2n) is 4.25. The van der Waals surface area contributed by atoms with Crippen LogP contribution in [0.2, 0.25) is 5.02 Å². The number of hydrogen-bond acceptors (Lipinski definition) is 4.